The van der Waals surface area contributed by atoms with Crippen LogP contribution >= 0.6 is 11.6 Å². The largest absolute Gasteiger partial charge is 0.380 e. The number of fused-ring (bicyclic) bond motifs is 1. The van der Waals surface area contributed by atoms with Gasteiger partial charge in [0.2, 0.25) is 5.95 Å². The maximum absolute atomic E-state index is 5.99. The van der Waals surface area contributed by atoms with Crippen molar-refractivity contribution in [2.24, 2.45) is 0 Å². The summed E-state index contributed by atoms with van der Waals surface area (Å²) in [6.45, 7) is 6.50. The molecule has 0 saturated heterocycles. The summed E-state index contributed by atoms with van der Waals surface area (Å²) in [6, 6.07) is 0. The van der Waals surface area contributed by atoms with E-state index in [1.54, 1.807) is 6.33 Å². The van der Waals surface area contributed by atoms with Crippen LogP contribution in [0.1, 0.15) is 0 Å². The number of anilines is 1. The number of nitrogens with one attached hydrogen (secondary N) is 2. The van der Waals surface area contributed by atoms with Crippen LogP contribution in [0.4, 0.5) is 5.95 Å². The van der Waals surface area contributed by atoms with Gasteiger partial charge in [0, 0.05) is 0 Å². The number of H-pyrrole nitrogens is 1. The molecule has 0 radical (unpaired) electrons. The number of rotatable bonds is 2. The first-order valence-electron chi connectivity index (χ1n) is 4.60. The molecule has 2 heterocycles. The summed E-state index contributed by atoms with van der Waals surface area (Å²) in [5.41, 5.74) is 1.27. The van der Waals surface area contributed by atoms with Crippen LogP contribution < -0.4 is 4.98 Å². The van der Waals surface area contributed by atoms with Gasteiger partial charge in [0.1, 0.15) is 13.8 Å². The third-order valence-corrected chi connectivity index (χ3v) is 2.98. The number of aromatic nitrogens is 4. The van der Waals surface area contributed by atoms with Crippen molar-refractivity contribution in [3.8, 4) is 0 Å². The van der Waals surface area contributed by atoms with Crippen molar-refractivity contribution in [3.05, 3.63) is 11.5 Å². The highest BCUT2D eigenvalue weighted by Crippen LogP contribution is 2.19. The molecule has 0 saturated carbocycles. The average Bonchev–Trinajstić information content (AvgIpc) is 2.48. The summed E-state index contributed by atoms with van der Waals surface area (Å²) < 4.78 is 0. The summed E-state index contributed by atoms with van der Waals surface area (Å²) in [5.74, 6) is 0.554. The van der Waals surface area contributed by atoms with Crippen LogP contribution in [0.25, 0.3) is 11.2 Å². The van der Waals surface area contributed by atoms with Crippen molar-refractivity contribution in [1.29, 1.82) is 0 Å². The van der Waals surface area contributed by atoms with E-state index in [1.165, 1.54) is 0 Å². The molecule has 0 aromatic carbocycles. The quantitative estimate of drug-likeness (QED) is 0.625. The van der Waals surface area contributed by atoms with Crippen LogP contribution in [0.3, 0.4) is 0 Å². The molecule has 0 amide bonds. The van der Waals surface area contributed by atoms with Gasteiger partial charge < -0.3 is 9.97 Å². The molecule has 0 spiro atoms. The van der Waals surface area contributed by atoms with Crippen LogP contribution in [0, 0.1) is 0 Å². The molecule has 80 valence electrons. The van der Waals surface area contributed by atoms with Gasteiger partial charge in [-0.25, -0.2) is 4.98 Å². The van der Waals surface area contributed by atoms with Crippen molar-refractivity contribution in [3.63, 3.8) is 0 Å². The Balaban J connectivity index is 2.45. The van der Waals surface area contributed by atoms with E-state index in [2.05, 4.69) is 44.6 Å². The van der Waals surface area contributed by atoms with Crippen molar-refractivity contribution >= 4 is 36.9 Å². The molecular weight excluding hydrogens is 230 g/mol. The van der Waals surface area contributed by atoms with Gasteiger partial charge in [-0.2, -0.15) is 9.97 Å². The maximum Gasteiger partial charge on any atom is 0.218 e. The van der Waals surface area contributed by atoms with Crippen LogP contribution in [0.5, 0.6) is 0 Å². The van der Waals surface area contributed by atoms with Crippen molar-refractivity contribution in [2.45, 2.75) is 19.6 Å². The molecule has 15 heavy (non-hydrogen) atoms. The lowest BCUT2D eigenvalue weighted by Gasteiger charge is -2.17. The summed E-state index contributed by atoms with van der Waals surface area (Å²) >= 11 is 5.99. The molecule has 0 unspecified atom stereocenters. The maximum atomic E-state index is 5.99. The van der Waals surface area contributed by atoms with E-state index in [9.17, 15) is 0 Å². The van der Waals surface area contributed by atoms with Gasteiger partial charge in [-0.05, 0) is 0 Å². The first kappa shape index (κ1) is 10.4. The van der Waals surface area contributed by atoms with Gasteiger partial charge in [0.25, 0.3) is 0 Å². The monoisotopic (exact) mass is 241 g/mol. The van der Waals surface area contributed by atoms with Crippen LogP contribution in [-0.4, -0.2) is 28.2 Å². The SMILES string of the molecule is C[Si](C)(C)Nc1nc(Cl)c2[nH]cnc2n1. The summed E-state index contributed by atoms with van der Waals surface area (Å²) in [4.78, 5) is 18.7. The molecule has 5 nitrogen and oxygen atoms in total. The molecule has 0 fully saturated rings. The zero-order chi connectivity index (χ0) is 11.1. The number of hydrogen-bond donors (Lipinski definition) is 2. The topological polar surface area (TPSA) is 66.5 Å². The molecule has 7 heteroatoms. The van der Waals surface area contributed by atoms with Gasteiger partial charge in [0.05, 0.1) is 6.33 Å². The minimum Gasteiger partial charge on any atom is -0.380 e. The van der Waals surface area contributed by atoms with Gasteiger partial charge >= 0.3 is 0 Å². The Morgan fingerprint density at radius 2 is 2.07 bits per heavy atom. The number of halogens is 1. The number of aromatic amines is 1. The molecule has 0 bridgehead atoms. The first-order chi connectivity index (χ1) is 6.96. The summed E-state index contributed by atoms with van der Waals surface area (Å²) in [6.07, 6.45) is 1.56. The second-order valence-electron chi connectivity index (χ2n) is 4.31. The highest BCUT2D eigenvalue weighted by molar-refractivity contribution is 6.79. The lowest BCUT2D eigenvalue weighted by molar-refractivity contribution is 1.20. The zero-order valence-corrected chi connectivity index (χ0v) is 10.6. The summed E-state index contributed by atoms with van der Waals surface area (Å²) in [5, 5.41) is 0.401. The Morgan fingerprint density at radius 3 is 2.73 bits per heavy atom. The van der Waals surface area contributed by atoms with Crippen molar-refractivity contribution < 1.29 is 0 Å². The zero-order valence-electron chi connectivity index (χ0n) is 8.80. The fraction of sp³-hybridized carbons (Fsp3) is 0.375. The molecule has 2 aromatic heterocycles. The number of imidazole rings is 1. The fourth-order valence-electron chi connectivity index (χ4n) is 1.19. The van der Waals surface area contributed by atoms with E-state index in [0.717, 1.165) is 0 Å². The smallest absolute Gasteiger partial charge is 0.218 e. The van der Waals surface area contributed by atoms with Crippen molar-refractivity contribution in [2.75, 3.05) is 4.98 Å². The molecule has 0 atom stereocenters. The number of hydrogen-bond acceptors (Lipinski definition) is 4. The van der Waals surface area contributed by atoms with Crippen LogP contribution in [0.15, 0.2) is 6.33 Å². The van der Waals surface area contributed by atoms with Gasteiger partial charge in [-0.1, -0.05) is 31.2 Å². The highest BCUT2D eigenvalue weighted by Gasteiger charge is 2.16. The van der Waals surface area contributed by atoms with Crippen LogP contribution in [-0.2, 0) is 0 Å². The number of nitrogens with zero attached hydrogens (tertiary/aromatic N) is 3. The predicted molar refractivity (Wildman–Crippen MR) is 63.7 cm³/mol. The average molecular weight is 242 g/mol. The predicted octanol–water partition coefficient (Wildman–Crippen LogP) is 2.25. The highest BCUT2D eigenvalue weighted by atomic mass is 35.5. The van der Waals surface area contributed by atoms with E-state index in [1.807, 2.05) is 0 Å². The first-order valence-corrected chi connectivity index (χ1v) is 8.48. The molecule has 0 aliphatic heterocycles. The Bertz CT molecular complexity index is 489. The van der Waals surface area contributed by atoms with Gasteiger partial charge in [-0.15, -0.1) is 0 Å². The fourth-order valence-corrected chi connectivity index (χ4v) is 2.19. The molecule has 2 rings (SSSR count). The van der Waals surface area contributed by atoms with E-state index in [4.69, 9.17) is 11.6 Å². The lowest BCUT2D eigenvalue weighted by atomic mass is 10.6. The third-order valence-electron chi connectivity index (χ3n) is 1.73. The lowest BCUT2D eigenvalue weighted by Crippen LogP contribution is -2.33. The van der Waals surface area contributed by atoms with Gasteiger partial charge in [-0.3, -0.25) is 0 Å². The normalized spacial score (nSPS) is 12.0. The van der Waals surface area contributed by atoms with E-state index >= 15 is 0 Å². The molecule has 2 N–H and O–H groups in total. The minimum atomic E-state index is -1.46. The molecule has 2 aromatic rings. The minimum absolute atomic E-state index is 0.401. The van der Waals surface area contributed by atoms with E-state index < -0.39 is 8.24 Å². The van der Waals surface area contributed by atoms with E-state index in [0.29, 0.717) is 22.3 Å². The molecular formula is C8H12ClN5Si. The van der Waals surface area contributed by atoms with E-state index in [-0.39, 0.29) is 0 Å². The molecule has 0 aliphatic carbocycles. The van der Waals surface area contributed by atoms with Crippen molar-refractivity contribution in [1.82, 2.24) is 19.9 Å². The Hall–Kier alpha value is -1.14. The Kier molecular flexibility index (Phi) is 2.39. The standard InChI is InChI=1S/C8H12ClN5Si/c1-15(2,3)14-8-12-6(9)5-7(13-8)11-4-10-5/h4H,1-3H3,(H2,10,11,12,13,14). The second kappa shape index (κ2) is 3.46. The third kappa shape index (κ3) is 2.27. The Morgan fingerprint density at radius 1 is 1.33 bits per heavy atom. The molecule has 0 aliphatic rings. The summed E-state index contributed by atoms with van der Waals surface area (Å²) in [7, 11) is -1.46. The Labute approximate surface area is 93.4 Å². The second-order valence-corrected chi connectivity index (χ2v) is 9.42. The van der Waals surface area contributed by atoms with Crippen LogP contribution in [0.2, 0.25) is 24.8 Å². The van der Waals surface area contributed by atoms with Gasteiger partial charge in [0.15, 0.2) is 10.8 Å².